The minimum absolute atomic E-state index is 0.0231. The molecule has 13 heavy (non-hydrogen) atoms. The number of H-pyrrole nitrogens is 1. The first-order valence-corrected chi connectivity index (χ1v) is 3.16. The monoisotopic (exact) mass is 188 g/mol. The molecular formula is C6H5FN2O4. The topological polar surface area (TPSA) is 81.2 Å². The quantitative estimate of drug-likeness (QED) is 0.583. The van der Waals surface area contributed by atoms with E-state index in [-0.39, 0.29) is 4.57 Å². The SMILES string of the molecule is COC(=O)n1c(=O)[nH]cc(F)c1=O. The first-order chi connectivity index (χ1) is 6.07. The van der Waals surface area contributed by atoms with Gasteiger partial charge in [0, 0.05) is 6.20 Å². The highest BCUT2D eigenvalue weighted by Crippen LogP contribution is 1.82. The maximum atomic E-state index is 12.5. The fourth-order valence-electron chi connectivity index (χ4n) is 0.708. The van der Waals surface area contributed by atoms with Crippen molar-refractivity contribution in [2.24, 2.45) is 0 Å². The van der Waals surface area contributed by atoms with Crippen LogP contribution in [0.15, 0.2) is 15.8 Å². The van der Waals surface area contributed by atoms with E-state index in [0.717, 1.165) is 7.11 Å². The third kappa shape index (κ3) is 1.48. The summed E-state index contributed by atoms with van der Waals surface area (Å²) in [6.45, 7) is 0. The maximum absolute atomic E-state index is 12.5. The van der Waals surface area contributed by atoms with Gasteiger partial charge in [0.15, 0.2) is 0 Å². The molecule has 0 bridgehead atoms. The van der Waals surface area contributed by atoms with Crippen molar-refractivity contribution in [3.63, 3.8) is 0 Å². The van der Waals surface area contributed by atoms with Crippen molar-refractivity contribution in [3.05, 3.63) is 32.9 Å². The number of halogens is 1. The van der Waals surface area contributed by atoms with Crippen LogP contribution in [0.4, 0.5) is 9.18 Å². The van der Waals surface area contributed by atoms with Gasteiger partial charge in [-0.3, -0.25) is 4.79 Å². The number of aromatic amines is 1. The Morgan fingerprint density at radius 1 is 1.62 bits per heavy atom. The molecule has 1 N–H and O–H groups in total. The summed E-state index contributed by atoms with van der Waals surface area (Å²) in [5.41, 5.74) is -2.38. The fraction of sp³-hybridized carbons (Fsp3) is 0.167. The predicted molar refractivity (Wildman–Crippen MR) is 39.1 cm³/mol. The number of nitrogens with one attached hydrogen (secondary N) is 1. The van der Waals surface area contributed by atoms with Crippen LogP contribution >= 0.6 is 0 Å². The normalized spacial score (nSPS) is 9.69. The van der Waals surface area contributed by atoms with Crippen molar-refractivity contribution in [2.45, 2.75) is 0 Å². The molecule has 0 unspecified atom stereocenters. The first-order valence-electron chi connectivity index (χ1n) is 3.16. The second-order valence-electron chi connectivity index (χ2n) is 2.05. The van der Waals surface area contributed by atoms with Crippen molar-refractivity contribution >= 4 is 6.09 Å². The highest BCUT2D eigenvalue weighted by Gasteiger charge is 2.13. The summed E-state index contributed by atoms with van der Waals surface area (Å²) in [6, 6.07) is 0. The van der Waals surface area contributed by atoms with Gasteiger partial charge in [0.2, 0.25) is 5.82 Å². The summed E-state index contributed by atoms with van der Waals surface area (Å²) < 4.78 is 16.7. The van der Waals surface area contributed by atoms with Gasteiger partial charge in [-0.05, 0) is 0 Å². The lowest BCUT2D eigenvalue weighted by molar-refractivity contribution is 0.170. The van der Waals surface area contributed by atoms with Gasteiger partial charge in [-0.25, -0.2) is 9.59 Å². The maximum Gasteiger partial charge on any atom is 0.425 e. The van der Waals surface area contributed by atoms with Crippen molar-refractivity contribution in [3.8, 4) is 0 Å². The Kier molecular flexibility index (Phi) is 2.27. The third-order valence-electron chi connectivity index (χ3n) is 1.29. The molecule has 0 atom stereocenters. The molecule has 1 heterocycles. The summed E-state index contributed by atoms with van der Waals surface area (Å²) in [7, 11) is 0.971. The zero-order valence-electron chi connectivity index (χ0n) is 6.54. The zero-order chi connectivity index (χ0) is 10.0. The number of methoxy groups -OCH3 is 1. The van der Waals surface area contributed by atoms with Crippen molar-refractivity contribution in [1.82, 2.24) is 9.55 Å². The summed E-state index contributed by atoms with van der Waals surface area (Å²) in [6.07, 6.45) is -0.657. The number of hydrogen-bond acceptors (Lipinski definition) is 4. The molecule has 0 fully saturated rings. The van der Waals surface area contributed by atoms with E-state index in [1.807, 2.05) is 4.98 Å². The minimum atomic E-state index is -1.34. The summed E-state index contributed by atoms with van der Waals surface area (Å²) >= 11 is 0. The molecule has 0 aliphatic heterocycles. The lowest BCUT2D eigenvalue weighted by Gasteiger charge is -1.99. The highest BCUT2D eigenvalue weighted by atomic mass is 19.1. The van der Waals surface area contributed by atoms with Crippen LogP contribution in [0, 0.1) is 5.82 Å². The van der Waals surface area contributed by atoms with Gasteiger partial charge >= 0.3 is 17.3 Å². The molecule has 0 aromatic carbocycles. The van der Waals surface area contributed by atoms with Crippen molar-refractivity contribution < 1.29 is 13.9 Å². The molecule has 1 rings (SSSR count). The van der Waals surface area contributed by atoms with E-state index in [9.17, 15) is 18.8 Å². The molecule has 0 saturated heterocycles. The first kappa shape index (κ1) is 9.17. The van der Waals surface area contributed by atoms with Crippen molar-refractivity contribution in [2.75, 3.05) is 7.11 Å². The Labute approximate surface area is 70.6 Å². The molecule has 0 aliphatic carbocycles. The number of hydrogen-bond donors (Lipinski definition) is 1. The number of carbonyl (C=O) groups excluding carboxylic acids is 1. The fourth-order valence-corrected chi connectivity index (χ4v) is 0.708. The lowest BCUT2D eigenvalue weighted by Crippen LogP contribution is -2.41. The average Bonchev–Trinajstić information content (AvgIpc) is 2.12. The van der Waals surface area contributed by atoms with E-state index in [1.54, 1.807) is 0 Å². The molecule has 1 aromatic rings. The molecule has 70 valence electrons. The Hall–Kier alpha value is -1.92. The standard InChI is InChI=1S/C6H5FN2O4/c1-13-6(12)9-4(10)3(7)2-8-5(9)11/h2H,1H3,(H,8,11). The van der Waals surface area contributed by atoms with Crippen molar-refractivity contribution in [1.29, 1.82) is 0 Å². The number of aromatic nitrogens is 2. The molecule has 0 amide bonds. The van der Waals surface area contributed by atoms with Gasteiger partial charge in [-0.2, -0.15) is 8.96 Å². The largest absolute Gasteiger partial charge is 0.452 e. The van der Waals surface area contributed by atoms with Gasteiger partial charge in [-0.1, -0.05) is 0 Å². The number of carbonyl (C=O) groups is 1. The van der Waals surface area contributed by atoms with Gasteiger partial charge in [0.1, 0.15) is 0 Å². The average molecular weight is 188 g/mol. The summed E-state index contributed by atoms with van der Waals surface area (Å²) in [5.74, 6) is -1.23. The minimum Gasteiger partial charge on any atom is -0.452 e. The van der Waals surface area contributed by atoms with E-state index in [4.69, 9.17) is 0 Å². The van der Waals surface area contributed by atoms with Crippen LogP contribution in [0.2, 0.25) is 0 Å². The summed E-state index contributed by atoms with van der Waals surface area (Å²) in [4.78, 5) is 34.3. The molecular weight excluding hydrogens is 183 g/mol. The van der Waals surface area contributed by atoms with E-state index in [1.165, 1.54) is 0 Å². The molecule has 0 aliphatic rings. The third-order valence-corrected chi connectivity index (χ3v) is 1.29. The highest BCUT2D eigenvalue weighted by molar-refractivity contribution is 5.69. The zero-order valence-corrected chi connectivity index (χ0v) is 6.54. The smallest absolute Gasteiger partial charge is 0.425 e. The Morgan fingerprint density at radius 3 is 2.77 bits per heavy atom. The predicted octanol–water partition coefficient (Wildman–Crippen LogP) is -0.710. The molecule has 1 aromatic heterocycles. The van der Waals surface area contributed by atoms with Crippen LogP contribution < -0.4 is 11.2 Å². The van der Waals surface area contributed by atoms with E-state index in [2.05, 4.69) is 4.74 Å². The second-order valence-corrected chi connectivity index (χ2v) is 2.05. The van der Waals surface area contributed by atoms with Gasteiger partial charge in [0.25, 0.3) is 0 Å². The Balaban J connectivity index is 3.52. The van der Waals surface area contributed by atoms with Crippen LogP contribution in [-0.4, -0.2) is 22.8 Å². The lowest BCUT2D eigenvalue weighted by atomic mass is 10.6. The van der Waals surface area contributed by atoms with Crippen LogP contribution in [-0.2, 0) is 4.74 Å². The molecule has 7 heteroatoms. The number of ether oxygens (including phenoxy) is 1. The van der Waals surface area contributed by atoms with Crippen LogP contribution in [0.3, 0.4) is 0 Å². The number of rotatable bonds is 0. The number of nitrogens with zero attached hydrogens (tertiary/aromatic N) is 1. The van der Waals surface area contributed by atoms with E-state index >= 15 is 0 Å². The Bertz CT molecular complexity index is 447. The second kappa shape index (κ2) is 3.21. The summed E-state index contributed by atoms with van der Waals surface area (Å²) in [5, 5.41) is 0. The van der Waals surface area contributed by atoms with E-state index < -0.39 is 23.2 Å². The van der Waals surface area contributed by atoms with Gasteiger partial charge in [-0.15, -0.1) is 0 Å². The van der Waals surface area contributed by atoms with Crippen LogP contribution in [0.25, 0.3) is 0 Å². The molecule has 6 nitrogen and oxygen atoms in total. The van der Waals surface area contributed by atoms with Crippen LogP contribution in [0.5, 0.6) is 0 Å². The van der Waals surface area contributed by atoms with Crippen LogP contribution in [0.1, 0.15) is 0 Å². The molecule has 0 saturated carbocycles. The van der Waals surface area contributed by atoms with Gasteiger partial charge < -0.3 is 9.72 Å². The molecule has 0 radical (unpaired) electrons. The van der Waals surface area contributed by atoms with E-state index in [0.29, 0.717) is 6.20 Å². The molecule has 0 spiro atoms. The van der Waals surface area contributed by atoms with Gasteiger partial charge in [0.05, 0.1) is 7.11 Å². The Morgan fingerprint density at radius 2 is 2.23 bits per heavy atom.